The van der Waals surface area contributed by atoms with E-state index in [9.17, 15) is 0 Å². The van der Waals surface area contributed by atoms with Gasteiger partial charge in [-0.2, -0.15) is 0 Å². The average molecular weight is 962 g/mol. The fraction of sp³-hybridized carbons (Fsp3) is 1.00. The molecule has 0 aliphatic carbocycles. The van der Waals surface area contributed by atoms with Crippen molar-refractivity contribution in [2.45, 2.75) is 302 Å². The fourth-order valence-corrected chi connectivity index (χ4v) is 7.90. The summed E-state index contributed by atoms with van der Waals surface area (Å²) >= 11 is 0. The maximum absolute atomic E-state index is 7.70. The molecule has 0 aromatic heterocycles. The zero-order valence-corrected chi connectivity index (χ0v) is 50.7. The highest BCUT2D eigenvalue weighted by Gasteiger charge is 2.57. The lowest BCUT2D eigenvalue weighted by molar-refractivity contribution is -0.281. The molecule has 0 radical (unpaired) electrons. The lowest BCUT2D eigenvalue weighted by atomic mass is 9.67. The van der Waals surface area contributed by atoms with E-state index >= 15 is 0 Å². The lowest BCUT2D eigenvalue weighted by Gasteiger charge is -2.56. The Bertz CT molecular complexity index is 1330. The first-order valence-corrected chi connectivity index (χ1v) is 25.5. The second-order valence-electron chi connectivity index (χ2n) is 30.4. The van der Waals surface area contributed by atoms with E-state index in [1.807, 2.05) is 0 Å². The Hall–Kier alpha value is -0.400. The molecule has 0 amide bonds. The van der Waals surface area contributed by atoms with Crippen molar-refractivity contribution in [1.29, 1.82) is 0 Å². The summed E-state index contributed by atoms with van der Waals surface area (Å²) in [5.41, 5.74) is -8.51. The predicted octanol–water partition coefficient (Wildman–Crippen LogP) is 14.4. The van der Waals surface area contributed by atoms with Gasteiger partial charge in [-0.15, -0.1) is 0 Å². The van der Waals surface area contributed by atoms with Crippen molar-refractivity contribution in [3.8, 4) is 0 Å². The van der Waals surface area contributed by atoms with Crippen LogP contribution in [0.2, 0.25) is 0 Å². The normalized spacial score (nSPS) is 15.8. The summed E-state index contributed by atoms with van der Waals surface area (Å²) in [7, 11) is 0. The standard InChI is InChI=1S/C57H116O10/c1-43(2,3)58-35-55(36-59-44(4,5)6,37-60-45(7,8)9)33-51(25,26)66-53(29,30)56(38-61-46(10,11)12,39-62-47(13,14)15)34-52(27,28)67-54(31,32)57(40-63-48(16,17)18,41-64-49(19,20)21)42-65-50(22,23)24/h33-42H2,1-32H3. The molecule has 0 bridgehead atoms. The molecule has 0 atom stereocenters. The molecule has 0 fully saturated rings. The van der Waals surface area contributed by atoms with Crippen LogP contribution in [0.4, 0.5) is 0 Å². The number of hydrogen-bond acceptors (Lipinski definition) is 10. The Morgan fingerprint density at radius 1 is 0.209 bits per heavy atom. The van der Waals surface area contributed by atoms with E-state index in [0.29, 0.717) is 65.7 Å². The van der Waals surface area contributed by atoms with Crippen LogP contribution in [0.5, 0.6) is 0 Å². The third kappa shape index (κ3) is 27.9. The van der Waals surface area contributed by atoms with Crippen LogP contribution in [0, 0.1) is 16.2 Å². The van der Waals surface area contributed by atoms with E-state index in [1.54, 1.807) is 0 Å². The smallest absolute Gasteiger partial charge is 0.0756 e. The van der Waals surface area contributed by atoms with Gasteiger partial charge in [0, 0.05) is 10.8 Å². The van der Waals surface area contributed by atoms with E-state index < -0.39 is 66.7 Å². The molecule has 0 unspecified atom stereocenters. The number of ether oxygens (including phenoxy) is 10. The van der Waals surface area contributed by atoms with Gasteiger partial charge in [-0.05, 0) is 234 Å². The lowest BCUT2D eigenvalue weighted by Crippen LogP contribution is -2.62. The Morgan fingerprint density at radius 2 is 0.388 bits per heavy atom. The molecule has 0 saturated carbocycles. The van der Waals surface area contributed by atoms with Gasteiger partial charge in [0.1, 0.15) is 0 Å². The summed E-state index contributed by atoms with van der Waals surface area (Å²) in [6.45, 7) is 70.8. The van der Waals surface area contributed by atoms with Crippen molar-refractivity contribution >= 4 is 0 Å². The quantitative estimate of drug-likeness (QED) is 0.0834. The van der Waals surface area contributed by atoms with Gasteiger partial charge in [0.05, 0.1) is 125 Å². The molecule has 404 valence electrons. The first kappa shape index (κ1) is 66.6. The van der Waals surface area contributed by atoms with Crippen molar-refractivity contribution in [3.05, 3.63) is 0 Å². The van der Waals surface area contributed by atoms with Crippen LogP contribution in [0.15, 0.2) is 0 Å². The Kier molecular flexibility index (Phi) is 22.7. The summed E-state index contributed by atoms with van der Waals surface area (Å²) in [6.07, 6.45) is 1.11. The molecule has 0 rings (SSSR count). The Morgan fingerprint density at radius 3 is 0.612 bits per heavy atom. The van der Waals surface area contributed by atoms with E-state index in [1.165, 1.54) is 0 Å². The Balaban J connectivity index is 8.08. The van der Waals surface area contributed by atoms with Gasteiger partial charge in [-0.3, -0.25) is 0 Å². The third-order valence-electron chi connectivity index (χ3n) is 11.5. The van der Waals surface area contributed by atoms with Crippen molar-refractivity contribution in [1.82, 2.24) is 0 Å². The molecular weight excluding hydrogens is 845 g/mol. The number of rotatable bonds is 26. The van der Waals surface area contributed by atoms with Crippen molar-refractivity contribution < 1.29 is 47.4 Å². The molecule has 0 aromatic rings. The molecule has 67 heavy (non-hydrogen) atoms. The first-order valence-electron chi connectivity index (χ1n) is 25.5. The third-order valence-corrected chi connectivity index (χ3v) is 11.5. The second kappa shape index (κ2) is 22.8. The summed E-state index contributed by atoms with van der Waals surface area (Å²) in [6, 6.07) is 0. The van der Waals surface area contributed by atoms with E-state index in [2.05, 4.69) is 222 Å². The van der Waals surface area contributed by atoms with E-state index in [-0.39, 0.29) is 16.8 Å². The minimum atomic E-state index is -0.860. The zero-order valence-electron chi connectivity index (χ0n) is 50.7. The minimum absolute atomic E-state index is 0.347. The minimum Gasteiger partial charge on any atom is -0.375 e. The largest absolute Gasteiger partial charge is 0.375 e. The van der Waals surface area contributed by atoms with E-state index in [4.69, 9.17) is 47.4 Å². The first-order chi connectivity index (χ1) is 29.0. The molecule has 0 heterocycles. The molecule has 0 saturated heterocycles. The SMILES string of the molecule is CC(C)(C)OCC(COC(C)(C)C)(COC(C)(C)C)CC(C)(C)OC(C)(C)C(COC(C)(C)C)(COC(C)(C)C)CC(C)(C)OC(C)(C)C(COC(C)(C)C)(COC(C)(C)C)COC(C)(C)C. The highest BCUT2D eigenvalue weighted by atomic mass is 16.6. The zero-order chi connectivity index (χ0) is 53.6. The molecule has 10 nitrogen and oxygen atoms in total. The average Bonchev–Trinajstić information content (AvgIpc) is 3.02. The molecular formula is C57H116O10. The van der Waals surface area contributed by atoms with Crippen LogP contribution >= 0.6 is 0 Å². The van der Waals surface area contributed by atoms with Gasteiger partial charge in [-0.1, -0.05) is 0 Å². The summed E-state index contributed by atoms with van der Waals surface area (Å²) in [5, 5.41) is 0. The van der Waals surface area contributed by atoms with Crippen molar-refractivity contribution in [2.75, 3.05) is 52.9 Å². The maximum atomic E-state index is 7.70. The molecule has 0 spiro atoms. The predicted molar refractivity (Wildman–Crippen MR) is 281 cm³/mol. The van der Waals surface area contributed by atoms with Gasteiger partial charge in [0.15, 0.2) is 0 Å². The van der Waals surface area contributed by atoms with Gasteiger partial charge in [-0.25, -0.2) is 0 Å². The molecule has 10 heteroatoms. The van der Waals surface area contributed by atoms with Gasteiger partial charge < -0.3 is 47.4 Å². The number of hydrogen-bond donors (Lipinski definition) is 0. The maximum Gasteiger partial charge on any atom is 0.0756 e. The van der Waals surface area contributed by atoms with Crippen molar-refractivity contribution in [3.63, 3.8) is 0 Å². The van der Waals surface area contributed by atoms with Crippen LogP contribution in [0.1, 0.15) is 234 Å². The summed E-state index contributed by atoms with van der Waals surface area (Å²) < 4.78 is 69.3. The van der Waals surface area contributed by atoms with Crippen LogP contribution in [0.25, 0.3) is 0 Å². The highest BCUT2D eigenvalue weighted by molar-refractivity contribution is 5.05. The van der Waals surface area contributed by atoms with Crippen LogP contribution in [0.3, 0.4) is 0 Å². The van der Waals surface area contributed by atoms with Gasteiger partial charge in [0.2, 0.25) is 0 Å². The molecule has 0 aliphatic heterocycles. The van der Waals surface area contributed by atoms with Gasteiger partial charge in [0.25, 0.3) is 0 Å². The Labute approximate surface area is 416 Å². The summed E-state index contributed by atoms with van der Waals surface area (Å²) in [4.78, 5) is 0. The fourth-order valence-electron chi connectivity index (χ4n) is 7.90. The van der Waals surface area contributed by atoms with E-state index in [0.717, 1.165) is 0 Å². The van der Waals surface area contributed by atoms with Crippen molar-refractivity contribution in [2.24, 2.45) is 16.2 Å². The van der Waals surface area contributed by atoms with Crippen LogP contribution in [-0.4, -0.2) is 120 Å². The molecule has 0 N–H and O–H groups in total. The highest BCUT2D eigenvalue weighted by Crippen LogP contribution is 2.50. The van der Waals surface area contributed by atoms with Crippen LogP contribution < -0.4 is 0 Å². The van der Waals surface area contributed by atoms with Crippen LogP contribution in [-0.2, 0) is 47.4 Å². The molecule has 0 aromatic carbocycles. The second-order valence-corrected chi connectivity index (χ2v) is 30.4. The molecule has 0 aliphatic rings. The summed E-state index contributed by atoms with van der Waals surface area (Å²) in [5.74, 6) is 0. The van der Waals surface area contributed by atoms with Gasteiger partial charge >= 0.3 is 0 Å². The topological polar surface area (TPSA) is 92.3 Å². The monoisotopic (exact) mass is 961 g/mol.